The second kappa shape index (κ2) is 4.49. The van der Waals surface area contributed by atoms with Gasteiger partial charge in [-0.25, -0.2) is 4.79 Å². The van der Waals surface area contributed by atoms with Gasteiger partial charge in [0.1, 0.15) is 23.1 Å². The van der Waals surface area contributed by atoms with Gasteiger partial charge < -0.3 is 14.6 Å². The summed E-state index contributed by atoms with van der Waals surface area (Å²) in [6.45, 7) is 7.31. The first kappa shape index (κ1) is 12.1. The van der Waals surface area contributed by atoms with Crippen molar-refractivity contribution in [3.8, 4) is 0 Å². The van der Waals surface area contributed by atoms with Crippen molar-refractivity contribution in [2.45, 2.75) is 38.7 Å². The molecule has 17 heavy (non-hydrogen) atoms. The molecule has 1 N–H and O–H groups in total. The summed E-state index contributed by atoms with van der Waals surface area (Å²) in [5, 5.41) is 7.17. The summed E-state index contributed by atoms with van der Waals surface area (Å²) in [7, 11) is 0. The molecule has 1 atom stereocenters. The first-order valence-corrected chi connectivity index (χ1v) is 5.86. The van der Waals surface area contributed by atoms with Crippen molar-refractivity contribution in [2.24, 2.45) is 0 Å². The number of ether oxygens (including phenoxy) is 1. The molecule has 0 saturated carbocycles. The number of hydrogen-bond acceptors (Lipinski definition) is 5. The van der Waals surface area contributed by atoms with Crippen molar-refractivity contribution in [1.82, 2.24) is 10.5 Å². The Kier molecular flexibility index (Phi) is 3.19. The quantitative estimate of drug-likeness (QED) is 0.794. The van der Waals surface area contributed by atoms with E-state index in [4.69, 9.17) is 9.26 Å². The van der Waals surface area contributed by atoms with Gasteiger partial charge in [-0.2, -0.15) is 0 Å². The lowest BCUT2D eigenvalue weighted by molar-refractivity contribution is 0.00674. The lowest BCUT2D eigenvalue weighted by Crippen LogP contribution is -2.24. The predicted molar refractivity (Wildman–Crippen MR) is 61.9 cm³/mol. The second-order valence-corrected chi connectivity index (χ2v) is 5.31. The maximum atomic E-state index is 12.0. The Bertz CT molecular complexity index is 400. The zero-order chi connectivity index (χ0) is 12.5. The van der Waals surface area contributed by atoms with E-state index in [1.165, 1.54) is 6.26 Å². The third-order valence-corrected chi connectivity index (χ3v) is 2.66. The summed E-state index contributed by atoms with van der Waals surface area (Å²) in [6.07, 6.45) is 2.35. The molecule has 5 heteroatoms. The van der Waals surface area contributed by atoms with Gasteiger partial charge in [-0.1, -0.05) is 5.16 Å². The van der Waals surface area contributed by atoms with E-state index in [0.717, 1.165) is 19.5 Å². The van der Waals surface area contributed by atoms with Crippen molar-refractivity contribution in [2.75, 3.05) is 13.1 Å². The zero-order valence-corrected chi connectivity index (χ0v) is 10.4. The smallest absolute Gasteiger partial charge is 0.343 e. The van der Waals surface area contributed by atoms with Crippen molar-refractivity contribution in [3.05, 3.63) is 17.5 Å². The molecule has 0 bridgehead atoms. The molecule has 2 rings (SSSR count). The summed E-state index contributed by atoms with van der Waals surface area (Å²) >= 11 is 0. The van der Waals surface area contributed by atoms with Crippen LogP contribution in [0.1, 0.15) is 49.2 Å². The third-order valence-electron chi connectivity index (χ3n) is 2.66. The maximum Gasteiger partial charge on any atom is 0.343 e. The standard InChI is InChI=1S/C12H18N2O3/c1-12(2,3)17-11(15)9-7-16-14-10(9)8-4-5-13-6-8/h7-8,13H,4-6H2,1-3H3. The molecule has 2 heterocycles. The van der Waals surface area contributed by atoms with Crippen LogP contribution in [0.25, 0.3) is 0 Å². The number of rotatable bonds is 2. The highest BCUT2D eigenvalue weighted by Crippen LogP contribution is 2.25. The van der Waals surface area contributed by atoms with E-state index in [-0.39, 0.29) is 11.9 Å². The fourth-order valence-corrected chi connectivity index (χ4v) is 1.91. The summed E-state index contributed by atoms with van der Waals surface area (Å²) in [5.74, 6) is -0.114. The molecule has 0 amide bonds. The number of esters is 1. The average Bonchev–Trinajstić information content (AvgIpc) is 2.85. The lowest BCUT2D eigenvalue weighted by atomic mass is 10.0. The van der Waals surface area contributed by atoms with Crippen LogP contribution in [-0.4, -0.2) is 29.8 Å². The van der Waals surface area contributed by atoms with Crippen molar-refractivity contribution in [1.29, 1.82) is 0 Å². The summed E-state index contributed by atoms with van der Waals surface area (Å²) in [6, 6.07) is 0. The van der Waals surface area contributed by atoms with Gasteiger partial charge in [0.2, 0.25) is 0 Å². The van der Waals surface area contributed by atoms with E-state index in [1.54, 1.807) is 0 Å². The number of nitrogens with one attached hydrogen (secondary N) is 1. The third kappa shape index (κ3) is 2.85. The van der Waals surface area contributed by atoms with Crippen LogP contribution in [0, 0.1) is 0 Å². The molecule has 1 fully saturated rings. The fraction of sp³-hybridized carbons (Fsp3) is 0.667. The van der Waals surface area contributed by atoms with E-state index in [1.807, 2.05) is 20.8 Å². The topological polar surface area (TPSA) is 64.4 Å². The monoisotopic (exact) mass is 238 g/mol. The van der Waals surface area contributed by atoms with Gasteiger partial charge in [0.05, 0.1) is 0 Å². The summed E-state index contributed by atoms with van der Waals surface area (Å²) in [5.41, 5.74) is 0.664. The van der Waals surface area contributed by atoms with E-state index < -0.39 is 5.60 Å². The van der Waals surface area contributed by atoms with Crippen LogP contribution in [0.4, 0.5) is 0 Å². The summed E-state index contributed by atoms with van der Waals surface area (Å²) < 4.78 is 10.2. The minimum atomic E-state index is -0.500. The van der Waals surface area contributed by atoms with Crippen LogP contribution in [-0.2, 0) is 4.74 Å². The Hall–Kier alpha value is -1.36. The van der Waals surface area contributed by atoms with Gasteiger partial charge in [-0.05, 0) is 33.7 Å². The molecule has 1 aliphatic rings. The van der Waals surface area contributed by atoms with E-state index in [2.05, 4.69) is 10.5 Å². The van der Waals surface area contributed by atoms with Crippen LogP contribution in [0.3, 0.4) is 0 Å². The van der Waals surface area contributed by atoms with Gasteiger partial charge in [0.25, 0.3) is 0 Å². The first-order valence-electron chi connectivity index (χ1n) is 5.86. The molecular weight excluding hydrogens is 220 g/mol. The van der Waals surface area contributed by atoms with Gasteiger partial charge in [-0.15, -0.1) is 0 Å². The fourth-order valence-electron chi connectivity index (χ4n) is 1.91. The lowest BCUT2D eigenvalue weighted by Gasteiger charge is -2.19. The molecule has 0 aliphatic carbocycles. The second-order valence-electron chi connectivity index (χ2n) is 5.31. The molecule has 0 aromatic carbocycles. The van der Waals surface area contributed by atoms with Gasteiger partial charge in [0, 0.05) is 12.5 Å². The van der Waals surface area contributed by atoms with E-state index in [0.29, 0.717) is 11.3 Å². The molecule has 5 nitrogen and oxygen atoms in total. The number of carbonyl (C=O) groups excluding carboxylic acids is 1. The van der Waals surface area contributed by atoms with Crippen LogP contribution in [0.5, 0.6) is 0 Å². The maximum absolute atomic E-state index is 12.0. The minimum absolute atomic E-state index is 0.247. The SMILES string of the molecule is CC(C)(C)OC(=O)c1conc1C1CCNC1. The predicted octanol–water partition coefficient (Wildman–Crippen LogP) is 1.71. The minimum Gasteiger partial charge on any atom is -0.456 e. The number of aromatic nitrogens is 1. The van der Waals surface area contributed by atoms with Gasteiger partial charge >= 0.3 is 5.97 Å². The highest BCUT2D eigenvalue weighted by Gasteiger charge is 2.28. The zero-order valence-electron chi connectivity index (χ0n) is 10.4. The van der Waals surface area contributed by atoms with Crippen LogP contribution in [0.15, 0.2) is 10.8 Å². The Morgan fingerprint density at radius 2 is 2.35 bits per heavy atom. The Balaban J connectivity index is 2.15. The molecule has 1 unspecified atom stereocenters. The Labute approximate surface area is 101 Å². The van der Waals surface area contributed by atoms with Gasteiger partial charge in [-0.3, -0.25) is 0 Å². The normalized spacial score (nSPS) is 20.5. The first-order chi connectivity index (χ1) is 7.97. The molecule has 0 radical (unpaired) electrons. The number of carbonyl (C=O) groups is 1. The molecule has 1 saturated heterocycles. The highest BCUT2D eigenvalue weighted by atomic mass is 16.6. The Morgan fingerprint density at radius 3 is 2.94 bits per heavy atom. The molecular formula is C12H18N2O3. The van der Waals surface area contributed by atoms with Crippen molar-refractivity contribution in [3.63, 3.8) is 0 Å². The molecule has 0 spiro atoms. The van der Waals surface area contributed by atoms with E-state index in [9.17, 15) is 4.79 Å². The van der Waals surface area contributed by atoms with Crippen LogP contribution in [0.2, 0.25) is 0 Å². The molecule has 94 valence electrons. The van der Waals surface area contributed by atoms with E-state index >= 15 is 0 Å². The van der Waals surface area contributed by atoms with Crippen molar-refractivity contribution < 1.29 is 14.1 Å². The molecule has 1 aliphatic heterocycles. The van der Waals surface area contributed by atoms with Crippen molar-refractivity contribution >= 4 is 5.97 Å². The highest BCUT2D eigenvalue weighted by molar-refractivity contribution is 5.90. The summed E-state index contributed by atoms with van der Waals surface area (Å²) in [4.78, 5) is 12.0. The van der Waals surface area contributed by atoms with Crippen LogP contribution >= 0.6 is 0 Å². The van der Waals surface area contributed by atoms with Gasteiger partial charge in [0.15, 0.2) is 0 Å². The largest absolute Gasteiger partial charge is 0.456 e. The number of hydrogen-bond donors (Lipinski definition) is 1. The average molecular weight is 238 g/mol. The molecule has 1 aromatic heterocycles. The molecule has 1 aromatic rings. The Morgan fingerprint density at radius 1 is 1.59 bits per heavy atom. The van der Waals surface area contributed by atoms with Crippen LogP contribution < -0.4 is 5.32 Å². The number of nitrogens with zero attached hydrogens (tertiary/aromatic N) is 1.